The minimum absolute atomic E-state index is 0.0732. The number of para-hydroxylation sites is 1. The zero-order valence-corrected chi connectivity index (χ0v) is 45.7. The summed E-state index contributed by atoms with van der Waals surface area (Å²) in [6.07, 6.45) is 3.12. The van der Waals surface area contributed by atoms with Gasteiger partial charge in [0.2, 0.25) is 0 Å². The summed E-state index contributed by atoms with van der Waals surface area (Å²) in [6, 6.07) is 42.5. The Balaban J connectivity index is 1.36. The molecule has 0 aliphatic heterocycles. The topological polar surface area (TPSA) is 50.9 Å². The van der Waals surface area contributed by atoms with Crippen LogP contribution in [0.15, 0.2) is 121 Å². The van der Waals surface area contributed by atoms with Crippen LogP contribution >= 0.6 is 0 Å². The molecule has 0 aliphatic carbocycles. The van der Waals surface area contributed by atoms with E-state index < -0.39 is 0 Å². The normalized spacial score (nSPS) is 13.0. The summed E-state index contributed by atoms with van der Waals surface area (Å²) in [5.41, 5.74) is 15.5. The van der Waals surface area contributed by atoms with Crippen molar-refractivity contribution in [1.29, 1.82) is 0 Å². The molecule has 4 nitrogen and oxygen atoms in total. The first kappa shape index (κ1) is 48.3. The van der Waals surface area contributed by atoms with Gasteiger partial charge in [-0.2, -0.15) is 0 Å². The van der Waals surface area contributed by atoms with Crippen LogP contribution in [0, 0.1) is 12.3 Å². The van der Waals surface area contributed by atoms with Gasteiger partial charge in [0.15, 0.2) is 0 Å². The third-order valence-electron chi connectivity index (χ3n) is 13.9. The van der Waals surface area contributed by atoms with Crippen LogP contribution < -0.4 is 0 Å². The van der Waals surface area contributed by atoms with Crippen molar-refractivity contribution < 1.29 is 5.11 Å². The van der Waals surface area contributed by atoms with Gasteiger partial charge >= 0.3 is 231 Å². The fourth-order valence-corrected chi connectivity index (χ4v) is 13.1. The molecule has 0 spiro atoms. The van der Waals surface area contributed by atoms with Crippen molar-refractivity contribution in [2.45, 2.75) is 139 Å². The van der Waals surface area contributed by atoms with Crippen molar-refractivity contribution >= 4 is 46.0 Å². The molecular weight excluding hydrogens is 906 g/mol. The fraction of sp³-hybridized carbons (Fsp3) is 0.344. The number of fused-ring (bicyclic) bond motifs is 4. The second-order valence-electron chi connectivity index (χ2n) is 24.8. The summed E-state index contributed by atoms with van der Waals surface area (Å²) in [4.78, 5) is 11.0. The Labute approximate surface area is 417 Å². The molecule has 1 N–H and O–H groups in total. The minimum atomic E-state index is -0.324. The summed E-state index contributed by atoms with van der Waals surface area (Å²) in [5.74, 6) is 0.975. The second kappa shape index (κ2) is 17.0. The van der Waals surface area contributed by atoms with Gasteiger partial charge in [-0.05, 0) is 51.1 Å². The first-order chi connectivity index (χ1) is 32.2. The number of imidazole rings is 1. The third-order valence-corrected chi connectivity index (χ3v) is 16.5. The van der Waals surface area contributed by atoms with Gasteiger partial charge < -0.3 is 5.11 Å². The van der Waals surface area contributed by atoms with Gasteiger partial charge in [-0.1, -0.05) is 105 Å². The Morgan fingerprint density at radius 1 is 0.551 bits per heavy atom. The molecule has 0 bridgehead atoms. The zero-order valence-electron chi connectivity index (χ0n) is 44.0. The van der Waals surface area contributed by atoms with E-state index in [4.69, 9.17) is 9.97 Å². The van der Waals surface area contributed by atoms with Gasteiger partial charge in [-0.3, -0.25) is 0 Å². The summed E-state index contributed by atoms with van der Waals surface area (Å²) in [5, 5.41) is 16.5. The number of nitrogens with zero attached hydrogens (tertiary/aromatic N) is 3. The van der Waals surface area contributed by atoms with E-state index >= 15 is 0 Å². The van der Waals surface area contributed by atoms with Crippen LogP contribution in [0.4, 0.5) is 0 Å². The predicted molar refractivity (Wildman–Crippen MR) is 297 cm³/mol. The molecule has 69 heavy (non-hydrogen) atoms. The molecule has 354 valence electrons. The molecule has 0 saturated carbocycles. The number of phenolic OH excluding ortho intramolecular Hbond substituents is 1. The molecule has 3 heterocycles. The Bertz CT molecular complexity index is 3440. The van der Waals surface area contributed by atoms with Crippen LogP contribution in [0.3, 0.4) is 0 Å². The average molecular weight is 977 g/mol. The van der Waals surface area contributed by atoms with E-state index in [-0.39, 0.29) is 32.8 Å². The van der Waals surface area contributed by atoms with Gasteiger partial charge in [-0.15, -0.1) is 0 Å². The first-order valence-corrected chi connectivity index (χ1v) is 26.5. The molecule has 0 atom stereocenters. The van der Waals surface area contributed by atoms with E-state index in [1.807, 2.05) is 6.20 Å². The molecule has 9 rings (SSSR count). The van der Waals surface area contributed by atoms with Gasteiger partial charge in [-0.25, -0.2) is 0 Å². The van der Waals surface area contributed by atoms with Crippen molar-refractivity contribution in [3.8, 4) is 56.3 Å². The van der Waals surface area contributed by atoms with Crippen LogP contribution in [-0.4, -0.2) is 34.1 Å². The van der Waals surface area contributed by atoms with Gasteiger partial charge in [0.1, 0.15) is 5.75 Å². The van der Waals surface area contributed by atoms with E-state index in [0.717, 1.165) is 73.3 Å². The third kappa shape index (κ3) is 9.14. The number of hydrogen-bond acceptors (Lipinski definition) is 3. The monoisotopic (exact) mass is 977 g/mol. The van der Waals surface area contributed by atoms with Gasteiger partial charge in [0, 0.05) is 11.1 Å². The summed E-state index contributed by atoms with van der Waals surface area (Å²) in [7, 11) is 0. The SMILES string of the molecule is Cc1c(CC(C)(C)C)[se]c2ccc3c(-c4cc(-c5cccc6c5nc(-c5cc(C(C)(C)C)cc(C(C)(C)C)c5O)n6-c5ccc(C(C)(C)C)cc5-c5ccccc5)cc(C(C)(C)C)c4)nccc3c12. The molecule has 0 radical (unpaired) electrons. The molecule has 0 saturated heterocycles. The Kier molecular flexibility index (Phi) is 11.9. The predicted octanol–water partition coefficient (Wildman–Crippen LogP) is 17.2. The summed E-state index contributed by atoms with van der Waals surface area (Å²) >= 11 is 0.320. The molecule has 9 aromatic rings. The zero-order chi connectivity index (χ0) is 49.7. The van der Waals surface area contributed by atoms with Gasteiger partial charge in [0.25, 0.3) is 0 Å². The van der Waals surface area contributed by atoms with Crippen LogP contribution in [-0.2, 0) is 28.1 Å². The van der Waals surface area contributed by atoms with E-state index in [1.54, 1.807) is 4.44 Å². The number of benzene rings is 6. The molecule has 3 aromatic heterocycles. The van der Waals surface area contributed by atoms with E-state index in [0.29, 0.717) is 20.3 Å². The van der Waals surface area contributed by atoms with Crippen molar-refractivity contribution in [1.82, 2.24) is 14.5 Å². The molecule has 5 heteroatoms. The molecule has 0 aliphatic rings. The fourth-order valence-electron chi connectivity index (χ4n) is 9.90. The maximum absolute atomic E-state index is 12.6. The summed E-state index contributed by atoms with van der Waals surface area (Å²) in [6.45, 7) is 36.4. The summed E-state index contributed by atoms with van der Waals surface area (Å²) < 4.78 is 5.39. The van der Waals surface area contributed by atoms with Crippen molar-refractivity contribution in [3.63, 3.8) is 0 Å². The molecular formula is C64H71N3OSe. The number of aryl methyl sites for hydroxylation is 1. The quantitative estimate of drug-likeness (QED) is 0.169. The van der Waals surface area contributed by atoms with Gasteiger partial charge in [0.05, 0.1) is 11.3 Å². The number of hydrogen-bond donors (Lipinski definition) is 1. The van der Waals surface area contributed by atoms with Crippen LogP contribution in [0.25, 0.3) is 82.0 Å². The first-order valence-electron chi connectivity index (χ1n) is 24.8. The Hall–Kier alpha value is -5.74. The van der Waals surface area contributed by atoms with E-state index in [9.17, 15) is 5.11 Å². The van der Waals surface area contributed by atoms with Crippen molar-refractivity contribution in [3.05, 3.63) is 154 Å². The van der Waals surface area contributed by atoms with Crippen molar-refractivity contribution in [2.24, 2.45) is 5.41 Å². The molecule has 0 unspecified atom stereocenters. The van der Waals surface area contributed by atoms with Crippen molar-refractivity contribution in [2.75, 3.05) is 0 Å². The van der Waals surface area contributed by atoms with E-state index in [2.05, 4.69) is 231 Å². The molecule has 0 fully saturated rings. The molecule has 0 amide bonds. The Morgan fingerprint density at radius 2 is 1.20 bits per heavy atom. The van der Waals surface area contributed by atoms with Crippen LogP contribution in [0.5, 0.6) is 5.75 Å². The average Bonchev–Trinajstić information content (AvgIpc) is 3.81. The van der Waals surface area contributed by atoms with Crippen LogP contribution in [0.2, 0.25) is 0 Å². The van der Waals surface area contributed by atoms with E-state index in [1.165, 1.54) is 37.1 Å². The number of rotatable bonds is 6. The second-order valence-corrected chi connectivity index (χ2v) is 27.2. The molecule has 6 aromatic carbocycles. The maximum atomic E-state index is 12.6. The number of aromatic hydroxyl groups is 1. The standard InChI is InChI=1S/C64H71N3OSe/c1-38-54(37-60(2,3)4)69-53-28-26-47-46(55(38)53)29-30-65-56(47)41-31-40(32-43(33-41)62(8,9)10)45-23-20-24-52-57(45)66-59(49-35-44(63(11,12)13)36-50(58(49)68)64(14,15)16)67(52)51-27-25-42(61(5,6)7)34-48(51)39-21-18-17-19-22-39/h17-36,68H,37H2,1-16H3. The number of pyridine rings is 1. The van der Waals surface area contributed by atoms with Crippen LogP contribution in [0.1, 0.15) is 136 Å². The number of phenols is 1. The number of aromatic nitrogens is 3. The Morgan fingerprint density at radius 3 is 1.86 bits per heavy atom.